The summed E-state index contributed by atoms with van der Waals surface area (Å²) in [4.78, 5) is 0.883. The van der Waals surface area contributed by atoms with Gasteiger partial charge in [0.25, 0.3) is 0 Å². The average Bonchev–Trinajstić information content (AvgIpc) is 1.77. The lowest BCUT2D eigenvalue weighted by atomic mass is 10.4. The van der Waals surface area contributed by atoms with E-state index in [2.05, 4.69) is 15.9 Å². The standard InChI is InChI=1S/C6H4BrS/c7-5-1-3-6(8)4-2-5/h1-4H. The van der Waals surface area contributed by atoms with Crippen LogP contribution in [0.25, 0.3) is 0 Å². The first-order valence-corrected chi connectivity index (χ1v) is 3.42. The van der Waals surface area contributed by atoms with Crippen LogP contribution >= 0.6 is 28.6 Å². The highest BCUT2D eigenvalue weighted by atomic mass is 79.9. The Labute approximate surface area is 62.5 Å². The minimum atomic E-state index is 0.883. The van der Waals surface area contributed by atoms with Crippen LogP contribution in [0.15, 0.2) is 33.6 Å². The lowest BCUT2D eigenvalue weighted by molar-refractivity contribution is 1.46. The van der Waals surface area contributed by atoms with Gasteiger partial charge in [-0.1, -0.05) is 28.6 Å². The monoisotopic (exact) mass is 187 g/mol. The zero-order valence-electron chi connectivity index (χ0n) is 4.10. The first-order chi connectivity index (χ1) is 3.79. The molecule has 41 valence electrons. The second-order valence-corrected chi connectivity index (χ2v) is 2.84. The quantitative estimate of drug-likeness (QED) is 0.587. The van der Waals surface area contributed by atoms with E-state index in [9.17, 15) is 0 Å². The van der Waals surface area contributed by atoms with Crippen LogP contribution in [0.1, 0.15) is 0 Å². The maximum atomic E-state index is 4.85. The summed E-state index contributed by atoms with van der Waals surface area (Å²) in [6.07, 6.45) is 0. The van der Waals surface area contributed by atoms with Crippen molar-refractivity contribution in [1.82, 2.24) is 0 Å². The van der Waals surface area contributed by atoms with Crippen LogP contribution in [0.2, 0.25) is 0 Å². The molecule has 0 amide bonds. The molecule has 0 N–H and O–H groups in total. The first-order valence-electron chi connectivity index (χ1n) is 2.21. The number of rotatable bonds is 0. The van der Waals surface area contributed by atoms with Crippen LogP contribution in [0, 0.1) is 0 Å². The van der Waals surface area contributed by atoms with Crippen LogP contribution in [0.3, 0.4) is 0 Å². The third-order valence-electron chi connectivity index (χ3n) is 0.814. The van der Waals surface area contributed by atoms with Gasteiger partial charge in [-0.2, -0.15) is 0 Å². The van der Waals surface area contributed by atoms with E-state index in [0.29, 0.717) is 0 Å². The summed E-state index contributed by atoms with van der Waals surface area (Å²) < 4.78 is 1.08. The highest BCUT2D eigenvalue weighted by Gasteiger charge is 1.83. The van der Waals surface area contributed by atoms with E-state index in [-0.39, 0.29) is 0 Å². The predicted octanol–water partition coefficient (Wildman–Crippen LogP) is 3.01. The van der Waals surface area contributed by atoms with Crippen LogP contribution in [-0.2, 0) is 0 Å². The van der Waals surface area contributed by atoms with Crippen LogP contribution in [0.4, 0.5) is 0 Å². The van der Waals surface area contributed by atoms with Gasteiger partial charge in [-0.05, 0) is 24.3 Å². The Balaban J connectivity index is 3.03. The molecule has 0 saturated heterocycles. The maximum absolute atomic E-state index is 4.85. The van der Waals surface area contributed by atoms with Gasteiger partial charge in [0.2, 0.25) is 0 Å². The number of hydrogen-bond donors (Lipinski definition) is 0. The van der Waals surface area contributed by atoms with E-state index in [1.807, 2.05) is 24.3 Å². The Morgan fingerprint density at radius 1 is 1.12 bits per heavy atom. The smallest absolute Gasteiger partial charge is 0.0377 e. The van der Waals surface area contributed by atoms with E-state index in [4.69, 9.17) is 12.6 Å². The Morgan fingerprint density at radius 3 is 2.00 bits per heavy atom. The highest BCUT2D eigenvalue weighted by Crippen LogP contribution is 2.11. The molecular weight excluding hydrogens is 184 g/mol. The van der Waals surface area contributed by atoms with E-state index in [1.165, 1.54) is 0 Å². The molecule has 1 rings (SSSR count). The zero-order valence-corrected chi connectivity index (χ0v) is 6.50. The summed E-state index contributed by atoms with van der Waals surface area (Å²) in [5, 5.41) is 0. The van der Waals surface area contributed by atoms with Crippen molar-refractivity contribution in [2.24, 2.45) is 0 Å². The van der Waals surface area contributed by atoms with Crippen LogP contribution < -0.4 is 0 Å². The molecule has 0 aliphatic heterocycles. The van der Waals surface area contributed by atoms with Crippen molar-refractivity contribution < 1.29 is 0 Å². The molecule has 0 heterocycles. The second-order valence-electron chi connectivity index (χ2n) is 1.45. The van der Waals surface area contributed by atoms with Crippen molar-refractivity contribution in [1.29, 1.82) is 0 Å². The van der Waals surface area contributed by atoms with Gasteiger partial charge in [0.15, 0.2) is 0 Å². The molecule has 0 aliphatic rings. The summed E-state index contributed by atoms with van der Waals surface area (Å²) >= 11 is 8.15. The molecule has 1 aromatic carbocycles. The summed E-state index contributed by atoms with van der Waals surface area (Å²) in [7, 11) is 0. The minimum absolute atomic E-state index is 0.883. The molecule has 0 atom stereocenters. The van der Waals surface area contributed by atoms with Gasteiger partial charge in [-0.25, -0.2) is 0 Å². The summed E-state index contributed by atoms with van der Waals surface area (Å²) in [5.74, 6) is 0. The Morgan fingerprint density at radius 2 is 1.62 bits per heavy atom. The van der Waals surface area contributed by atoms with Crippen molar-refractivity contribution in [2.45, 2.75) is 4.90 Å². The normalized spacial score (nSPS) is 9.12. The summed E-state index contributed by atoms with van der Waals surface area (Å²) in [5.41, 5.74) is 0. The SMILES string of the molecule is [S]c1ccc(Br)cc1. The topological polar surface area (TPSA) is 0 Å². The molecule has 0 aliphatic carbocycles. The lowest BCUT2D eigenvalue weighted by Crippen LogP contribution is -1.62. The fourth-order valence-corrected chi connectivity index (χ4v) is 0.835. The predicted molar refractivity (Wildman–Crippen MR) is 40.0 cm³/mol. The van der Waals surface area contributed by atoms with E-state index >= 15 is 0 Å². The molecule has 0 spiro atoms. The average molecular weight is 188 g/mol. The van der Waals surface area contributed by atoms with Gasteiger partial charge in [-0.3, -0.25) is 0 Å². The van der Waals surface area contributed by atoms with E-state index < -0.39 is 0 Å². The number of halogens is 1. The van der Waals surface area contributed by atoms with Crippen molar-refractivity contribution in [3.63, 3.8) is 0 Å². The molecule has 2 heteroatoms. The Hall–Kier alpha value is -0.0800. The van der Waals surface area contributed by atoms with Gasteiger partial charge in [0, 0.05) is 9.37 Å². The summed E-state index contributed by atoms with van der Waals surface area (Å²) in [6, 6.07) is 7.64. The molecule has 8 heavy (non-hydrogen) atoms. The Kier molecular flexibility index (Phi) is 1.86. The van der Waals surface area contributed by atoms with Crippen molar-refractivity contribution in [2.75, 3.05) is 0 Å². The highest BCUT2D eigenvalue weighted by molar-refractivity contribution is 9.10. The van der Waals surface area contributed by atoms with Gasteiger partial charge in [0.1, 0.15) is 0 Å². The lowest BCUT2D eigenvalue weighted by Gasteiger charge is -1.86. The third-order valence-corrected chi connectivity index (χ3v) is 1.61. The minimum Gasteiger partial charge on any atom is -0.0801 e. The molecule has 0 bridgehead atoms. The van der Waals surface area contributed by atoms with Crippen LogP contribution in [0.5, 0.6) is 0 Å². The van der Waals surface area contributed by atoms with E-state index in [0.717, 1.165) is 9.37 Å². The number of hydrogen-bond acceptors (Lipinski definition) is 0. The molecule has 0 nitrogen and oxygen atoms in total. The maximum Gasteiger partial charge on any atom is 0.0377 e. The first kappa shape index (κ1) is 6.05. The van der Waals surface area contributed by atoms with Crippen molar-refractivity contribution in [3.8, 4) is 0 Å². The molecule has 0 saturated carbocycles. The van der Waals surface area contributed by atoms with Gasteiger partial charge < -0.3 is 0 Å². The largest absolute Gasteiger partial charge is 0.0801 e. The van der Waals surface area contributed by atoms with Crippen LogP contribution in [-0.4, -0.2) is 0 Å². The van der Waals surface area contributed by atoms with Crippen molar-refractivity contribution in [3.05, 3.63) is 28.7 Å². The Bertz CT molecular complexity index is 147. The number of benzene rings is 1. The van der Waals surface area contributed by atoms with E-state index in [1.54, 1.807) is 0 Å². The van der Waals surface area contributed by atoms with Gasteiger partial charge in [0.05, 0.1) is 0 Å². The molecule has 1 aromatic rings. The summed E-state index contributed by atoms with van der Waals surface area (Å²) in [6.45, 7) is 0. The van der Waals surface area contributed by atoms with Crippen molar-refractivity contribution >= 4 is 28.6 Å². The fraction of sp³-hybridized carbons (Fsp3) is 0. The molecule has 1 radical (unpaired) electrons. The molecule has 0 aromatic heterocycles. The zero-order chi connectivity index (χ0) is 5.98. The van der Waals surface area contributed by atoms with Gasteiger partial charge >= 0.3 is 0 Å². The van der Waals surface area contributed by atoms with Gasteiger partial charge in [-0.15, -0.1) is 0 Å². The molecule has 0 fully saturated rings. The molecule has 0 unspecified atom stereocenters. The molecular formula is C6H4BrS. The fourth-order valence-electron chi connectivity index (χ4n) is 0.435. The second kappa shape index (κ2) is 2.46. The third kappa shape index (κ3) is 1.46.